The third-order valence-electron chi connectivity index (χ3n) is 5.28. The number of benzene rings is 3. The smallest absolute Gasteiger partial charge is 0.129 e. The van der Waals surface area contributed by atoms with Crippen LogP contribution in [-0.2, 0) is 0 Å². The van der Waals surface area contributed by atoms with Crippen LogP contribution in [0.25, 0.3) is 41.0 Å². The molecule has 0 unspecified atom stereocenters. The summed E-state index contributed by atoms with van der Waals surface area (Å²) >= 11 is 3.68. The summed E-state index contributed by atoms with van der Waals surface area (Å²) in [5, 5.41) is 8.75. The summed E-state index contributed by atoms with van der Waals surface area (Å²) in [5.41, 5.74) is 9.29. The fourth-order valence-corrected chi connectivity index (χ4v) is 6.74. The molecule has 3 aromatic carbocycles. The van der Waals surface area contributed by atoms with E-state index in [4.69, 9.17) is 0 Å². The summed E-state index contributed by atoms with van der Waals surface area (Å²) in [7, 11) is -2.95. The van der Waals surface area contributed by atoms with Gasteiger partial charge in [-0.15, -0.1) is 33.8 Å². The molecule has 0 fully saturated rings. The van der Waals surface area contributed by atoms with Gasteiger partial charge in [-0.1, -0.05) is 51.1 Å². The van der Waals surface area contributed by atoms with Crippen molar-refractivity contribution in [3.8, 4) is 22.9 Å². The third kappa shape index (κ3) is 4.29. The van der Waals surface area contributed by atoms with Crippen LogP contribution in [0.3, 0.4) is 0 Å². The van der Waals surface area contributed by atoms with Gasteiger partial charge in [-0.2, -0.15) is 0 Å². The monoisotopic (exact) mass is 482 g/mol. The van der Waals surface area contributed by atoms with Crippen molar-refractivity contribution in [2.75, 3.05) is 0 Å². The molecule has 0 aliphatic carbocycles. The van der Waals surface area contributed by atoms with Crippen LogP contribution >= 0.6 is 22.7 Å². The normalized spacial score (nSPS) is 12.2. The zero-order valence-electron chi connectivity index (χ0n) is 19.4. The fourth-order valence-electron chi connectivity index (χ4n) is 3.74. The van der Waals surface area contributed by atoms with E-state index in [1.54, 1.807) is 0 Å². The van der Waals surface area contributed by atoms with Crippen LogP contribution in [0.2, 0.25) is 39.3 Å². The molecule has 2 aromatic heterocycles. The van der Waals surface area contributed by atoms with Gasteiger partial charge in [0.25, 0.3) is 0 Å². The second-order valence-corrected chi connectivity index (χ2v) is 22.0. The number of rotatable bonds is 0. The molecule has 0 saturated heterocycles. The molecule has 0 nitrogen and oxygen atoms in total. The summed E-state index contributed by atoms with van der Waals surface area (Å²) in [6.45, 7) is 13.8. The van der Waals surface area contributed by atoms with Crippen molar-refractivity contribution in [3.63, 3.8) is 0 Å². The Hall–Kier alpha value is -2.35. The Morgan fingerprint density at radius 2 is 1.16 bits per heavy atom. The lowest BCUT2D eigenvalue weighted by molar-refractivity contribution is 1.67. The lowest BCUT2D eigenvalue weighted by Crippen LogP contribution is -2.16. The molecule has 4 heteroatoms. The first-order valence-electron chi connectivity index (χ1n) is 10.9. The minimum absolute atomic E-state index is 1.08. The Balaban J connectivity index is 1.79. The molecule has 0 aliphatic rings. The Morgan fingerprint density at radius 3 is 1.84 bits per heavy atom. The molecule has 0 atom stereocenters. The lowest BCUT2D eigenvalue weighted by Gasteiger charge is -2.06. The van der Waals surface area contributed by atoms with Gasteiger partial charge in [0.05, 0.1) is 0 Å². The van der Waals surface area contributed by atoms with Crippen molar-refractivity contribution < 1.29 is 0 Å². The Kier molecular flexibility index (Phi) is 5.11. The maximum Gasteiger partial charge on any atom is 0.129 e. The van der Waals surface area contributed by atoms with Gasteiger partial charge in [-0.05, 0) is 64.0 Å². The summed E-state index contributed by atoms with van der Waals surface area (Å²) in [5.74, 6) is 7.03. The first-order chi connectivity index (χ1) is 15.1. The van der Waals surface area contributed by atoms with Crippen LogP contribution in [0.15, 0.2) is 47.8 Å². The van der Waals surface area contributed by atoms with E-state index >= 15 is 0 Å². The van der Waals surface area contributed by atoms with Crippen LogP contribution in [0.1, 0.15) is 11.1 Å². The second-order valence-electron chi connectivity index (χ2n) is 10.5. The average Bonchev–Trinajstić information content (AvgIpc) is 3.28. The molecule has 5 aromatic rings. The predicted molar refractivity (Wildman–Crippen MR) is 153 cm³/mol. The minimum atomic E-state index is -1.48. The van der Waals surface area contributed by atoms with Gasteiger partial charge in [-0.25, -0.2) is 0 Å². The quantitative estimate of drug-likeness (QED) is 0.153. The van der Waals surface area contributed by atoms with Gasteiger partial charge in [0.15, 0.2) is 0 Å². The molecule has 158 valence electrons. The van der Waals surface area contributed by atoms with Crippen molar-refractivity contribution >= 4 is 79.9 Å². The van der Waals surface area contributed by atoms with E-state index < -0.39 is 16.1 Å². The van der Waals surface area contributed by atoms with Crippen LogP contribution in [0.4, 0.5) is 0 Å². The highest BCUT2D eigenvalue weighted by Gasteiger charge is 2.13. The average molecular weight is 483 g/mol. The Labute approximate surface area is 200 Å². The molecule has 0 saturated carbocycles. The standard InChI is InChI=1S/C28H26S2Si2/c1-31(2,3)11-8-19-14-24-25-15-22-13-21-7-10-29-26(21)17-23(22)18-28(25)30-27(24)16-20(19)9-12-32(4,5)6/h7,10,13-18H,1-6H3. The van der Waals surface area contributed by atoms with Gasteiger partial charge >= 0.3 is 0 Å². The maximum absolute atomic E-state index is 3.56. The van der Waals surface area contributed by atoms with Gasteiger partial charge in [0, 0.05) is 36.0 Å². The second kappa shape index (κ2) is 7.61. The van der Waals surface area contributed by atoms with Gasteiger partial charge in [0.2, 0.25) is 0 Å². The maximum atomic E-state index is 3.56. The molecule has 0 spiro atoms. The van der Waals surface area contributed by atoms with Crippen molar-refractivity contribution in [3.05, 3.63) is 59.0 Å². The summed E-state index contributed by atoms with van der Waals surface area (Å²) < 4.78 is 3.99. The van der Waals surface area contributed by atoms with Gasteiger partial charge < -0.3 is 0 Å². The highest BCUT2D eigenvalue weighted by molar-refractivity contribution is 7.26. The number of hydrogen-bond donors (Lipinski definition) is 0. The molecular formula is C28H26S2Si2. The van der Waals surface area contributed by atoms with Gasteiger partial charge in [-0.3, -0.25) is 0 Å². The van der Waals surface area contributed by atoms with Crippen LogP contribution < -0.4 is 0 Å². The molecule has 0 bridgehead atoms. The molecule has 0 aliphatic heterocycles. The predicted octanol–water partition coefficient (Wildman–Crippen LogP) is 8.88. The molecule has 5 rings (SSSR count). The highest BCUT2D eigenvalue weighted by atomic mass is 32.1. The van der Waals surface area contributed by atoms with Crippen molar-refractivity contribution in [1.82, 2.24) is 0 Å². The molecule has 0 N–H and O–H groups in total. The zero-order valence-corrected chi connectivity index (χ0v) is 23.1. The van der Waals surface area contributed by atoms with Crippen LogP contribution in [0, 0.1) is 22.9 Å². The highest BCUT2D eigenvalue weighted by Crippen LogP contribution is 2.39. The van der Waals surface area contributed by atoms with E-state index in [0.717, 1.165) is 11.1 Å². The molecule has 0 amide bonds. The minimum Gasteiger partial charge on any atom is -0.144 e. The zero-order chi connectivity index (χ0) is 22.7. The van der Waals surface area contributed by atoms with E-state index in [1.807, 2.05) is 22.7 Å². The number of hydrogen-bond acceptors (Lipinski definition) is 2. The van der Waals surface area contributed by atoms with Crippen molar-refractivity contribution in [2.24, 2.45) is 0 Å². The van der Waals surface area contributed by atoms with Crippen LogP contribution in [-0.4, -0.2) is 16.1 Å². The first kappa shape index (κ1) is 21.5. The summed E-state index contributed by atoms with van der Waals surface area (Å²) in [4.78, 5) is 0. The molecule has 0 radical (unpaired) electrons. The Bertz CT molecular complexity index is 1650. The van der Waals surface area contributed by atoms with E-state index in [1.165, 1.54) is 41.0 Å². The van der Waals surface area contributed by atoms with Crippen LogP contribution in [0.5, 0.6) is 0 Å². The topological polar surface area (TPSA) is 0 Å². The summed E-state index contributed by atoms with van der Waals surface area (Å²) in [6, 6.07) is 16.2. The van der Waals surface area contributed by atoms with E-state index in [2.05, 4.69) is 110 Å². The molecule has 2 heterocycles. The van der Waals surface area contributed by atoms with E-state index in [0.29, 0.717) is 0 Å². The third-order valence-corrected chi connectivity index (χ3v) is 9.03. The van der Waals surface area contributed by atoms with Crippen molar-refractivity contribution in [1.29, 1.82) is 0 Å². The Morgan fingerprint density at radius 1 is 0.594 bits per heavy atom. The largest absolute Gasteiger partial charge is 0.144 e. The molecule has 32 heavy (non-hydrogen) atoms. The fraction of sp³-hybridized carbons (Fsp3) is 0.214. The number of fused-ring (bicyclic) bond motifs is 5. The van der Waals surface area contributed by atoms with E-state index in [-0.39, 0.29) is 0 Å². The number of thiophene rings is 2. The van der Waals surface area contributed by atoms with Gasteiger partial charge in [0.1, 0.15) is 16.1 Å². The molecular weight excluding hydrogens is 457 g/mol. The van der Waals surface area contributed by atoms with Crippen molar-refractivity contribution in [2.45, 2.75) is 39.3 Å². The first-order valence-corrected chi connectivity index (χ1v) is 19.6. The SMILES string of the molecule is C[Si](C)(C)C#Cc1cc2sc3cc4cc5sccc5cc4cc3c2cc1C#C[Si](C)(C)C. The van der Waals surface area contributed by atoms with E-state index in [9.17, 15) is 0 Å². The lowest BCUT2D eigenvalue weighted by atomic mass is 10.0. The summed E-state index contributed by atoms with van der Waals surface area (Å²) in [6.07, 6.45) is 0.